The van der Waals surface area contributed by atoms with Crippen LogP contribution in [0.2, 0.25) is 0 Å². The minimum absolute atomic E-state index is 0.476. The molecule has 7 heteroatoms. The SMILES string of the molecule is N[C@H](c1c(F)cncc1F)C(F)(F)F. The van der Waals surface area contributed by atoms with Gasteiger partial charge in [0.15, 0.2) is 0 Å². The second-order valence-corrected chi connectivity index (χ2v) is 2.54. The molecule has 0 saturated heterocycles. The average Bonchev–Trinajstić information content (AvgIpc) is 2.01. The summed E-state index contributed by atoms with van der Waals surface area (Å²) in [6, 6.07) is -2.68. The number of rotatable bonds is 1. The monoisotopic (exact) mass is 212 g/mol. The molecule has 0 unspecified atom stereocenters. The number of aromatic nitrogens is 1. The third kappa shape index (κ3) is 1.98. The Kier molecular flexibility index (Phi) is 2.70. The molecule has 0 spiro atoms. The maximum Gasteiger partial charge on any atom is 0.407 e. The van der Waals surface area contributed by atoms with Crippen LogP contribution in [-0.4, -0.2) is 11.2 Å². The first-order valence-electron chi connectivity index (χ1n) is 3.45. The van der Waals surface area contributed by atoms with E-state index in [-0.39, 0.29) is 0 Å². The zero-order chi connectivity index (χ0) is 10.9. The van der Waals surface area contributed by atoms with Gasteiger partial charge in [0, 0.05) is 0 Å². The molecule has 0 radical (unpaired) electrons. The third-order valence-electron chi connectivity index (χ3n) is 1.55. The molecule has 2 nitrogen and oxygen atoms in total. The molecule has 0 fully saturated rings. The number of alkyl halides is 3. The highest BCUT2D eigenvalue weighted by molar-refractivity contribution is 5.20. The molecule has 0 aliphatic heterocycles. The first-order valence-corrected chi connectivity index (χ1v) is 3.45. The van der Waals surface area contributed by atoms with Gasteiger partial charge in [-0.2, -0.15) is 13.2 Å². The van der Waals surface area contributed by atoms with E-state index in [9.17, 15) is 22.0 Å². The van der Waals surface area contributed by atoms with Gasteiger partial charge in [0.25, 0.3) is 0 Å². The van der Waals surface area contributed by atoms with E-state index in [0.29, 0.717) is 12.4 Å². The molecular weight excluding hydrogens is 207 g/mol. The smallest absolute Gasteiger partial charge is 0.316 e. The van der Waals surface area contributed by atoms with Crippen LogP contribution in [0.5, 0.6) is 0 Å². The van der Waals surface area contributed by atoms with Crippen molar-refractivity contribution in [2.24, 2.45) is 5.73 Å². The van der Waals surface area contributed by atoms with Crippen molar-refractivity contribution in [2.75, 3.05) is 0 Å². The summed E-state index contributed by atoms with van der Waals surface area (Å²) in [6.45, 7) is 0. The molecular formula is C7H5F5N2. The molecule has 0 aromatic carbocycles. The topological polar surface area (TPSA) is 38.9 Å². The molecule has 0 aliphatic rings. The quantitative estimate of drug-likeness (QED) is 0.722. The van der Waals surface area contributed by atoms with Gasteiger partial charge in [-0.15, -0.1) is 0 Å². The molecule has 14 heavy (non-hydrogen) atoms. The molecule has 1 aromatic rings. The van der Waals surface area contributed by atoms with Gasteiger partial charge in [-0.25, -0.2) is 8.78 Å². The lowest BCUT2D eigenvalue weighted by atomic mass is 10.1. The summed E-state index contributed by atoms with van der Waals surface area (Å²) < 4.78 is 61.5. The zero-order valence-corrected chi connectivity index (χ0v) is 6.65. The molecule has 0 aliphatic carbocycles. The van der Waals surface area contributed by atoms with Crippen molar-refractivity contribution in [3.05, 3.63) is 29.6 Å². The maximum absolute atomic E-state index is 12.7. The lowest BCUT2D eigenvalue weighted by molar-refractivity contribution is -0.150. The lowest BCUT2D eigenvalue weighted by Crippen LogP contribution is -2.30. The maximum atomic E-state index is 12.7. The van der Waals surface area contributed by atoms with Gasteiger partial charge in [-0.05, 0) is 0 Å². The van der Waals surface area contributed by atoms with Crippen LogP contribution in [0.4, 0.5) is 22.0 Å². The fraction of sp³-hybridized carbons (Fsp3) is 0.286. The van der Waals surface area contributed by atoms with E-state index in [4.69, 9.17) is 0 Å². The van der Waals surface area contributed by atoms with Crippen molar-refractivity contribution >= 4 is 0 Å². The average molecular weight is 212 g/mol. The van der Waals surface area contributed by atoms with Crippen molar-refractivity contribution in [3.8, 4) is 0 Å². The van der Waals surface area contributed by atoms with Crippen molar-refractivity contribution in [3.63, 3.8) is 0 Å². The van der Waals surface area contributed by atoms with Crippen LogP contribution in [-0.2, 0) is 0 Å². The van der Waals surface area contributed by atoms with Gasteiger partial charge in [-0.1, -0.05) is 0 Å². The van der Waals surface area contributed by atoms with Crippen LogP contribution in [0.25, 0.3) is 0 Å². The van der Waals surface area contributed by atoms with Crippen molar-refractivity contribution in [1.82, 2.24) is 4.98 Å². The first kappa shape index (κ1) is 10.8. The van der Waals surface area contributed by atoms with Gasteiger partial charge in [0.05, 0.1) is 18.0 Å². The van der Waals surface area contributed by atoms with Crippen LogP contribution in [0.1, 0.15) is 11.6 Å². The number of halogens is 5. The Bertz CT molecular complexity index is 315. The Hall–Kier alpha value is -1.24. The zero-order valence-electron chi connectivity index (χ0n) is 6.65. The summed E-state index contributed by atoms with van der Waals surface area (Å²) in [5, 5.41) is 0. The fourth-order valence-electron chi connectivity index (χ4n) is 0.882. The standard InChI is InChI=1S/C7H5F5N2/c8-3-1-14-2-4(9)5(3)6(13)7(10,11)12/h1-2,6H,13H2/t6-/m1/s1. The first-order chi connectivity index (χ1) is 6.34. The predicted molar refractivity (Wildman–Crippen MR) is 37.1 cm³/mol. The van der Waals surface area contributed by atoms with Crippen LogP contribution in [0.15, 0.2) is 12.4 Å². The molecule has 2 N–H and O–H groups in total. The third-order valence-corrected chi connectivity index (χ3v) is 1.55. The van der Waals surface area contributed by atoms with Crippen LogP contribution < -0.4 is 5.73 Å². The van der Waals surface area contributed by atoms with Gasteiger partial charge in [-0.3, -0.25) is 4.98 Å². The van der Waals surface area contributed by atoms with Crippen LogP contribution in [0, 0.1) is 11.6 Å². The molecule has 1 heterocycles. The largest absolute Gasteiger partial charge is 0.407 e. The summed E-state index contributed by atoms with van der Waals surface area (Å²) in [5.74, 6) is -2.82. The van der Waals surface area contributed by atoms with Gasteiger partial charge in [0.1, 0.15) is 17.7 Å². The van der Waals surface area contributed by atoms with Gasteiger partial charge < -0.3 is 5.73 Å². The Morgan fingerprint density at radius 1 is 1.14 bits per heavy atom. The van der Waals surface area contributed by atoms with Gasteiger partial charge in [0.2, 0.25) is 0 Å². The second-order valence-electron chi connectivity index (χ2n) is 2.54. The van der Waals surface area contributed by atoms with E-state index in [2.05, 4.69) is 10.7 Å². The lowest BCUT2D eigenvalue weighted by Gasteiger charge is -2.16. The predicted octanol–water partition coefficient (Wildman–Crippen LogP) is 1.92. The molecule has 78 valence electrons. The number of nitrogens with two attached hydrogens (primary N) is 1. The van der Waals surface area contributed by atoms with Crippen molar-refractivity contribution < 1.29 is 22.0 Å². The molecule has 1 aromatic heterocycles. The highest BCUT2D eigenvalue weighted by Gasteiger charge is 2.41. The number of hydrogen-bond donors (Lipinski definition) is 1. The number of nitrogens with zero attached hydrogens (tertiary/aromatic N) is 1. The molecule has 0 amide bonds. The van der Waals surface area contributed by atoms with Gasteiger partial charge >= 0.3 is 6.18 Å². The second kappa shape index (κ2) is 3.49. The van der Waals surface area contributed by atoms with E-state index in [1.165, 1.54) is 0 Å². The summed E-state index contributed by atoms with van der Waals surface area (Å²) in [7, 11) is 0. The number of pyridine rings is 1. The Labute approximate surface area is 75.5 Å². The highest BCUT2D eigenvalue weighted by Crippen LogP contribution is 2.32. The van der Waals surface area contributed by atoms with E-state index in [0.717, 1.165) is 0 Å². The van der Waals surface area contributed by atoms with Crippen molar-refractivity contribution in [2.45, 2.75) is 12.2 Å². The Balaban J connectivity index is 3.19. The summed E-state index contributed by atoms with van der Waals surface area (Å²) in [5.41, 5.74) is 3.43. The highest BCUT2D eigenvalue weighted by atomic mass is 19.4. The van der Waals surface area contributed by atoms with Crippen LogP contribution in [0.3, 0.4) is 0 Å². The molecule has 1 rings (SSSR count). The summed E-state index contributed by atoms with van der Waals surface area (Å²) in [4.78, 5) is 3.04. The summed E-state index contributed by atoms with van der Waals surface area (Å²) in [6.07, 6.45) is -3.93. The number of hydrogen-bond acceptors (Lipinski definition) is 2. The molecule has 1 atom stereocenters. The minimum atomic E-state index is -4.89. The minimum Gasteiger partial charge on any atom is -0.316 e. The van der Waals surface area contributed by atoms with Crippen LogP contribution >= 0.6 is 0 Å². The molecule has 0 bridgehead atoms. The van der Waals surface area contributed by atoms with E-state index in [1.54, 1.807) is 0 Å². The molecule has 0 saturated carbocycles. The van der Waals surface area contributed by atoms with E-state index < -0.39 is 29.4 Å². The Morgan fingerprint density at radius 2 is 1.57 bits per heavy atom. The fourth-order valence-corrected chi connectivity index (χ4v) is 0.882. The van der Waals surface area contributed by atoms with Crippen molar-refractivity contribution in [1.29, 1.82) is 0 Å². The van der Waals surface area contributed by atoms with E-state index in [1.807, 2.05) is 0 Å². The normalized spacial score (nSPS) is 14.1. The van der Waals surface area contributed by atoms with E-state index >= 15 is 0 Å². The summed E-state index contributed by atoms with van der Waals surface area (Å²) >= 11 is 0. The Morgan fingerprint density at radius 3 is 1.93 bits per heavy atom.